The lowest BCUT2D eigenvalue weighted by Crippen LogP contribution is -2.42. The van der Waals surface area contributed by atoms with Crippen molar-refractivity contribution in [3.8, 4) is 11.5 Å². The van der Waals surface area contributed by atoms with Gasteiger partial charge in [-0.2, -0.15) is 0 Å². The zero-order valence-electron chi connectivity index (χ0n) is 18.2. The van der Waals surface area contributed by atoms with Crippen molar-refractivity contribution in [2.75, 3.05) is 40.3 Å². The van der Waals surface area contributed by atoms with Crippen LogP contribution in [0.1, 0.15) is 37.7 Å². The molecular formula is C23H35IN4O2. The van der Waals surface area contributed by atoms with Crippen LogP contribution in [0.2, 0.25) is 0 Å². The maximum Gasteiger partial charge on any atom is 0.193 e. The zero-order chi connectivity index (χ0) is 20.1. The maximum atomic E-state index is 6.34. The number of aliphatic imine (C=N–C) groups is 1. The number of hydrogen-bond acceptors (Lipinski definition) is 4. The number of nitrogens with zero attached hydrogens (tertiary/aromatic N) is 3. The van der Waals surface area contributed by atoms with Crippen molar-refractivity contribution in [1.82, 2.24) is 15.1 Å². The molecule has 1 N–H and O–H groups in total. The molecule has 3 aliphatic rings. The van der Waals surface area contributed by atoms with Gasteiger partial charge in [-0.05, 0) is 44.2 Å². The minimum absolute atomic E-state index is 0. The van der Waals surface area contributed by atoms with Crippen molar-refractivity contribution in [2.24, 2.45) is 4.99 Å². The quantitative estimate of drug-likeness (QED) is 0.266. The molecule has 2 aliphatic heterocycles. The lowest BCUT2D eigenvalue weighted by atomic mass is 10.2. The number of guanidine groups is 1. The van der Waals surface area contributed by atoms with Crippen LogP contribution in [0.4, 0.5) is 0 Å². The van der Waals surface area contributed by atoms with Gasteiger partial charge in [0.1, 0.15) is 11.5 Å². The fraction of sp³-hybridized carbons (Fsp3) is 0.609. The van der Waals surface area contributed by atoms with Gasteiger partial charge in [-0.25, -0.2) is 0 Å². The average molecular weight is 526 g/mol. The molecule has 1 aromatic carbocycles. The monoisotopic (exact) mass is 526 g/mol. The van der Waals surface area contributed by atoms with Gasteiger partial charge in [0, 0.05) is 57.4 Å². The smallest absolute Gasteiger partial charge is 0.193 e. The average Bonchev–Trinajstić information content (AvgIpc) is 3.51. The van der Waals surface area contributed by atoms with Crippen LogP contribution in [0, 0.1) is 0 Å². The van der Waals surface area contributed by atoms with Crippen molar-refractivity contribution in [3.05, 3.63) is 35.9 Å². The first-order valence-corrected chi connectivity index (χ1v) is 10.9. The predicted octanol–water partition coefficient (Wildman–Crippen LogP) is 3.66. The molecule has 0 radical (unpaired) electrons. The lowest BCUT2D eigenvalue weighted by Gasteiger charge is -2.26. The van der Waals surface area contributed by atoms with E-state index in [9.17, 15) is 0 Å². The fourth-order valence-electron chi connectivity index (χ4n) is 4.63. The Hall–Kier alpha value is -1.48. The van der Waals surface area contributed by atoms with Gasteiger partial charge in [-0.1, -0.05) is 12.2 Å². The minimum atomic E-state index is 0. The van der Waals surface area contributed by atoms with Crippen LogP contribution in [0.3, 0.4) is 0 Å². The Morgan fingerprint density at radius 2 is 1.93 bits per heavy atom. The van der Waals surface area contributed by atoms with E-state index in [1.54, 1.807) is 7.11 Å². The summed E-state index contributed by atoms with van der Waals surface area (Å²) < 4.78 is 11.8. The summed E-state index contributed by atoms with van der Waals surface area (Å²) in [5, 5.41) is 3.56. The van der Waals surface area contributed by atoms with E-state index in [4.69, 9.17) is 9.47 Å². The van der Waals surface area contributed by atoms with Crippen LogP contribution >= 0.6 is 24.0 Å². The molecule has 1 aliphatic carbocycles. The number of ether oxygens (including phenoxy) is 2. The van der Waals surface area contributed by atoms with Crippen LogP contribution in [0.25, 0.3) is 0 Å². The Balaban J connectivity index is 0.00000256. The third-order valence-electron chi connectivity index (χ3n) is 6.34. The van der Waals surface area contributed by atoms with Gasteiger partial charge in [0.05, 0.1) is 13.2 Å². The molecule has 166 valence electrons. The second-order valence-corrected chi connectivity index (χ2v) is 8.21. The Labute approximate surface area is 197 Å². The second-order valence-electron chi connectivity index (χ2n) is 8.21. The fourth-order valence-corrected chi connectivity index (χ4v) is 4.63. The van der Waals surface area contributed by atoms with Crippen LogP contribution in [-0.4, -0.2) is 68.2 Å². The summed E-state index contributed by atoms with van der Waals surface area (Å²) in [6, 6.07) is 6.75. The van der Waals surface area contributed by atoms with Crippen molar-refractivity contribution >= 4 is 29.9 Å². The van der Waals surface area contributed by atoms with E-state index in [0.717, 1.165) is 62.0 Å². The topological polar surface area (TPSA) is 49.3 Å². The van der Waals surface area contributed by atoms with E-state index in [1.807, 2.05) is 19.2 Å². The molecule has 1 aromatic rings. The summed E-state index contributed by atoms with van der Waals surface area (Å²) in [7, 11) is 3.57. The predicted molar refractivity (Wildman–Crippen MR) is 132 cm³/mol. The zero-order valence-corrected chi connectivity index (χ0v) is 20.5. The number of methoxy groups -OCH3 is 1. The third kappa shape index (κ3) is 5.60. The van der Waals surface area contributed by atoms with E-state index in [-0.39, 0.29) is 24.0 Å². The first kappa shape index (κ1) is 23.2. The third-order valence-corrected chi connectivity index (χ3v) is 6.34. The number of rotatable bonds is 6. The number of likely N-dealkylation sites (tertiary alicyclic amines) is 1. The number of hydrogen-bond donors (Lipinski definition) is 1. The largest absolute Gasteiger partial charge is 0.497 e. The molecule has 1 atom stereocenters. The summed E-state index contributed by atoms with van der Waals surface area (Å²) in [5.41, 5.74) is 1.15. The molecule has 0 bridgehead atoms. The van der Waals surface area contributed by atoms with Crippen molar-refractivity contribution < 1.29 is 9.47 Å². The van der Waals surface area contributed by atoms with E-state index >= 15 is 0 Å². The highest BCUT2D eigenvalue weighted by molar-refractivity contribution is 14.0. The van der Waals surface area contributed by atoms with Gasteiger partial charge in [0.2, 0.25) is 0 Å². The summed E-state index contributed by atoms with van der Waals surface area (Å²) in [6.45, 7) is 4.95. The number of nitrogens with one attached hydrogen (secondary N) is 1. The summed E-state index contributed by atoms with van der Waals surface area (Å²) in [5.74, 6) is 2.75. The Kier molecular flexibility index (Phi) is 8.68. The maximum absolute atomic E-state index is 6.34. The van der Waals surface area contributed by atoms with Gasteiger partial charge in [-0.15, -0.1) is 24.0 Å². The van der Waals surface area contributed by atoms with Crippen molar-refractivity contribution in [3.63, 3.8) is 0 Å². The van der Waals surface area contributed by atoms with Gasteiger partial charge in [0.25, 0.3) is 0 Å². The molecule has 0 spiro atoms. The highest BCUT2D eigenvalue weighted by Crippen LogP contribution is 2.30. The normalized spacial score (nSPS) is 22.4. The molecule has 2 fully saturated rings. The van der Waals surface area contributed by atoms with E-state index in [1.165, 1.54) is 19.3 Å². The summed E-state index contributed by atoms with van der Waals surface area (Å²) >= 11 is 0. The molecule has 1 saturated heterocycles. The molecule has 0 amide bonds. The first-order chi connectivity index (χ1) is 14.3. The van der Waals surface area contributed by atoms with E-state index < -0.39 is 0 Å². The van der Waals surface area contributed by atoms with Crippen molar-refractivity contribution in [2.45, 2.75) is 50.8 Å². The van der Waals surface area contributed by atoms with Gasteiger partial charge < -0.3 is 19.7 Å². The number of benzene rings is 1. The van der Waals surface area contributed by atoms with E-state index in [2.05, 4.69) is 38.3 Å². The highest BCUT2D eigenvalue weighted by atomic mass is 127. The van der Waals surface area contributed by atoms with E-state index in [0.29, 0.717) is 18.7 Å². The standard InChI is InChI=1S/C23H34N4O2.HI/c1-24-23(27-14-11-19(17-27)26-12-5-6-13-26)25-16-18-9-10-21(28-2)15-22(18)29-20-7-3-4-8-20;/h5-6,9-10,15,19-20H,3-4,7-8,11-14,16-17H2,1-2H3,(H,24,25);1H. The first-order valence-electron chi connectivity index (χ1n) is 10.9. The Morgan fingerprint density at radius 1 is 1.17 bits per heavy atom. The summed E-state index contributed by atoms with van der Waals surface area (Å²) in [6.07, 6.45) is 10.9. The van der Waals surface area contributed by atoms with Gasteiger partial charge in [0.15, 0.2) is 5.96 Å². The molecular weight excluding hydrogens is 491 g/mol. The Morgan fingerprint density at radius 3 is 2.63 bits per heavy atom. The van der Waals surface area contributed by atoms with Gasteiger partial charge >= 0.3 is 0 Å². The minimum Gasteiger partial charge on any atom is -0.497 e. The van der Waals surface area contributed by atoms with Crippen LogP contribution in [0.5, 0.6) is 11.5 Å². The van der Waals surface area contributed by atoms with Crippen LogP contribution < -0.4 is 14.8 Å². The molecule has 1 saturated carbocycles. The van der Waals surface area contributed by atoms with Crippen molar-refractivity contribution in [1.29, 1.82) is 0 Å². The van der Waals surface area contributed by atoms with Crippen LogP contribution in [0.15, 0.2) is 35.3 Å². The molecule has 0 aromatic heterocycles. The Bertz CT molecular complexity index is 741. The highest BCUT2D eigenvalue weighted by Gasteiger charge is 2.29. The lowest BCUT2D eigenvalue weighted by molar-refractivity contribution is 0.207. The van der Waals surface area contributed by atoms with Crippen LogP contribution in [-0.2, 0) is 6.54 Å². The molecule has 1 unspecified atom stereocenters. The molecule has 4 rings (SSSR count). The number of halogens is 1. The SMILES string of the molecule is CN=C(NCc1ccc(OC)cc1OC1CCCC1)N1CCC(N2CC=CC2)C1.I. The molecule has 7 heteroatoms. The van der Waals surface area contributed by atoms with Gasteiger partial charge in [-0.3, -0.25) is 9.89 Å². The molecule has 30 heavy (non-hydrogen) atoms. The second kappa shape index (κ2) is 11.2. The summed E-state index contributed by atoms with van der Waals surface area (Å²) in [4.78, 5) is 9.47. The molecule has 6 nitrogen and oxygen atoms in total. The molecule has 2 heterocycles.